The quantitative estimate of drug-likeness (QED) is 0.888. The lowest BCUT2D eigenvalue weighted by Crippen LogP contribution is -2.45. The maximum absolute atomic E-state index is 12.3. The minimum atomic E-state index is -0.503. The maximum Gasteiger partial charge on any atom is 0.273 e. The molecule has 0 saturated heterocycles. The van der Waals surface area contributed by atoms with Crippen LogP contribution in [-0.2, 0) is 0 Å². The largest absolute Gasteiger partial charge is 0.486 e. The molecule has 0 radical (unpaired) electrons. The minimum absolute atomic E-state index is 0.214. The van der Waals surface area contributed by atoms with E-state index in [4.69, 9.17) is 19.6 Å². The number of fused-ring (bicyclic) bond motifs is 1. The number of aromatic nitrogens is 1. The van der Waals surface area contributed by atoms with Crippen molar-refractivity contribution in [3.8, 4) is 22.8 Å². The van der Waals surface area contributed by atoms with E-state index >= 15 is 0 Å². The first-order chi connectivity index (χ1) is 10.9. The third-order valence-electron chi connectivity index (χ3n) is 3.29. The lowest BCUT2D eigenvalue weighted by Gasteiger charge is -2.19. The molecule has 2 aromatic rings. The Kier molecular flexibility index (Phi) is 3.96. The summed E-state index contributed by atoms with van der Waals surface area (Å²) in [5, 5.41) is 2.76. The summed E-state index contributed by atoms with van der Waals surface area (Å²) in [5.74, 6) is 1.35. The summed E-state index contributed by atoms with van der Waals surface area (Å²) < 4.78 is 16.4. The van der Waals surface area contributed by atoms with Crippen molar-refractivity contribution >= 4 is 5.91 Å². The fraction of sp³-hybridized carbons (Fsp3) is 0.375. The number of benzene rings is 1. The van der Waals surface area contributed by atoms with Crippen LogP contribution in [0.15, 0.2) is 29.0 Å². The number of ether oxygens (including phenoxy) is 2. The van der Waals surface area contributed by atoms with Crippen LogP contribution in [0.3, 0.4) is 0 Å². The third kappa shape index (κ3) is 3.45. The molecule has 1 aliphatic rings. The average molecular weight is 317 g/mol. The molecule has 7 nitrogen and oxygen atoms in total. The molecule has 23 heavy (non-hydrogen) atoms. The van der Waals surface area contributed by atoms with Gasteiger partial charge in [-0.3, -0.25) is 4.79 Å². The van der Waals surface area contributed by atoms with Gasteiger partial charge >= 0.3 is 0 Å². The Bertz CT molecular complexity index is 718. The lowest BCUT2D eigenvalue weighted by molar-refractivity contribution is 0.0942. The van der Waals surface area contributed by atoms with E-state index in [0.29, 0.717) is 42.6 Å². The molecule has 122 valence electrons. The Labute approximate surface area is 133 Å². The first kappa shape index (κ1) is 15.4. The summed E-state index contributed by atoms with van der Waals surface area (Å²) in [7, 11) is 0. The first-order valence-electron chi connectivity index (χ1n) is 7.35. The molecule has 0 spiro atoms. The van der Waals surface area contributed by atoms with Crippen molar-refractivity contribution in [2.24, 2.45) is 5.73 Å². The van der Waals surface area contributed by atoms with Gasteiger partial charge in [-0.1, -0.05) is 0 Å². The van der Waals surface area contributed by atoms with Crippen molar-refractivity contribution in [2.75, 3.05) is 19.8 Å². The van der Waals surface area contributed by atoms with E-state index in [1.807, 2.05) is 13.8 Å². The normalized spacial score (nSPS) is 13.7. The molecule has 1 aliphatic heterocycles. The average Bonchev–Trinajstić information content (AvgIpc) is 3.01. The van der Waals surface area contributed by atoms with Gasteiger partial charge in [-0.2, -0.15) is 0 Å². The Morgan fingerprint density at radius 1 is 1.30 bits per heavy atom. The number of oxazole rings is 1. The van der Waals surface area contributed by atoms with Crippen LogP contribution in [-0.4, -0.2) is 36.2 Å². The first-order valence-corrected chi connectivity index (χ1v) is 7.35. The summed E-state index contributed by atoms with van der Waals surface area (Å²) in [5.41, 5.74) is 6.28. The number of nitrogens with two attached hydrogens (primary N) is 1. The van der Waals surface area contributed by atoms with Gasteiger partial charge < -0.3 is 24.9 Å². The second-order valence-electron chi connectivity index (χ2n) is 6.06. The highest BCUT2D eigenvalue weighted by atomic mass is 16.6. The number of carbonyl (C=O) groups excluding carboxylic acids is 1. The smallest absolute Gasteiger partial charge is 0.273 e. The topological polar surface area (TPSA) is 99.6 Å². The van der Waals surface area contributed by atoms with Crippen molar-refractivity contribution in [1.29, 1.82) is 0 Å². The molecule has 7 heteroatoms. The van der Waals surface area contributed by atoms with Gasteiger partial charge in [-0.05, 0) is 32.0 Å². The van der Waals surface area contributed by atoms with E-state index in [0.717, 1.165) is 0 Å². The maximum atomic E-state index is 12.3. The third-order valence-corrected chi connectivity index (χ3v) is 3.29. The molecule has 0 saturated carbocycles. The Balaban J connectivity index is 1.84. The molecule has 1 aromatic carbocycles. The van der Waals surface area contributed by atoms with Crippen molar-refractivity contribution in [3.63, 3.8) is 0 Å². The number of nitrogens with one attached hydrogen (secondary N) is 1. The zero-order valence-electron chi connectivity index (χ0n) is 13.1. The second-order valence-corrected chi connectivity index (χ2v) is 6.06. The second kappa shape index (κ2) is 5.92. The van der Waals surface area contributed by atoms with Crippen molar-refractivity contribution < 1.29 is 18.7 Å². The predicted molar refractivity (Wildman–Crippen MR) is 83.5 cm³/mol. The van der Waals surface area contributed by atoms with E-state index < -0.39 is 5.54 Å². The molecule has 3 rings (SSSR count). The number of carbonyl (C=O) groups is 1. The SMILES string of the molecule is CC(C)(N)CNC(=O)c1ncoc1-c1ccc2c(c1)OCCO2. The highest BCUT2D eigenvalue weighted by Crippen LogP contribution is 2.35. The van der Waals surface area contributed by atoms with Gasteiger partial charge in [-0.15, -0.1) is 0 Å². The highest BCUT2D eigenvalue weighted by Gasteiger charge is 2.22. The summed E-state index contributed by atoms with van der Waals surface area (Å²) in [4.78, 5) is 16.3. The number of amides is 1. The molecule has 0 fully saturated rings. The number of rotatable bonds is 4. The summed E-state index contributed by atoms with van der Waals surface area (Å²) in [6.45, 7) is 5.01. The molecule has 2 heterocycles. The standard InChI is InChI=1S/C16H19N3O4/c1-16(2,17)8-18-15(20)13-14(23-9-19-13)10-3-4-11-12(7-10)22-6-5-21-11/h3-4,7,9H,5-6,8,17H2,1-2H3,(H,18,20). The number of hydrogen-bond donors (Lipinski definition) is 2. The van der Waals surface area contributed by atoms with Crippen molar-refractivity contribution in [2.45, 2.75) is 19.4 Å². The zero-order valence-corrected chi connectivity index (χ0v) is 13.1. The van der Waals surface area contributed by atoms with Crippen LogP contribution in [0.25, 0.3) is 11.3 Å². The molecule has 1 amide bonds. The Morgan fingerprint density at radius 2 is 2.04 bits per heavy atom. The summed E-state index contributed by atoms with van der Waals surface area (Å²) >= 11 is 0. The zero-order chi connectivity index (χ0) is 16.4. The van der Waals surface area contributed by atoms with Crippen LogP contribution in [0, 0.1) is 0 Å². The highest BCUT2D eigenvalue weighted by molar-refractivity contribution is 5.97. The van der Waals surface area contributed by atoms with Gasteiger partial charge in [0.2, 0.25) is 0 Å². The fourth-order valence-corrected chi connectivity index (χ4v) is 2.19. The van der Waals surface area contributed by atoms with E-state index in [1.165, 1.54) is 6.39 Å². The van der Waals surface area contributed by atoms with Gasteiger partial charge in [0, 0.05) is 17.6 Å². The van der Waals surface area contributed by atoms with Gasteiger partial charge in [0.1, 0.15) is 13.2 Å². The van der Waals surface area contributed by atoms with Gasteiger partial charge in [0.15, 0.2) is 29.3 Å². The van der Waals surface area contributed by atoms with Crippen LogP contribution in [0.4, 0.5) is 0 Å². The Hall–Kier alpha value is -2.54. The van der Waals surface area contributed by atoms with Crippen LogP contribution in [0.2, 0.25) is 0 Å². The van der Waals surface area contributed by atoms with E-state index in [2.05, 4.69) is 10.3 Å². The van der Waals surface area contributed by atoms with Gasteiger partial charge in [0.05, 0.1) is 0 Å². The van der Waals surface area contributed by atoms with Crippen molar-refractivity contribution in [1.82, 2.24) is 10.3 Å². The molecular formula is C16H19N3O4. The predicted octanol–water partition coefficient (Wildman–Crippen LogP) is 1.58. The van der Waals surface area contributed by atoms with Crippen LogP contribution >= 0.6 is 0 Å². The van der Waals surface area contributed by atoms with E-state index in [1.54, 1.807) is 18.2 Å². The van der Waals surface area contributed by atoms with Crippen LogP contribution < -0.4 is 20.5 Å². The fourth-order valence-electron chi connectivity index (χ4n) is 2.19. The molecule has 0 bridgehead atoms. The monoisotopic (exact) mass is 317 g/mol. The van der Waals surface area contributed by atoms with Crippen molar-refractivity contribution in [3.05, 3.63) is 30.3 Å². The Morgan fingerprint density at radius 3 is 2.78 bits per heavy atom. The van der Waals surface area contributed by atoms with E-state index in [9.17, 15) is 4.79 Å². The molecule has 0 unspecified atom stereocenters. The molecular weight excluding hydrogens is 298 g/mol. The molecule has 0 atom stereocenters. The van der Waals surface area contributed by atoms with Gasteiger partial charge in [-0.25, -0.2) is 4.98 Å². The summed E-state index contributed by atoms with van der Waals surface area (Å²) in [6, 6.07) is 5.37. The molecule has 0 aliphatic carbocycles. The van der Waals surface area contributed by atoms with E-state index in [-0.39, 0.29) is 11.6 Å². The molecule has 3 N–H and O–H groups in total. The van der Waals surface area contributed by atoms with Crippen LogP contribution in [0.5, 0.6) is 11.5 Å². The number of nitrogens with zero attached hydrogens (tertiary/aromatic N) is 1. The van der Waals surface area contributed by atoms with Crippen LogP contribution in [0.1, 0.15) is 24.3 Å². The lowest BCUT2D eigenvalue weighted by atomic mass is 10.1. The minimum Gasteiger partial charge on any atom is -0.486 e. The summed E-state index contributed by atoms with van der Waals surface area (Å²) in [6.07, 6.45) is 1.24. The molecule has 1 aromatic heterocycles. The number of hydrogen-bond acceptors (Lipinski definition) is 6. The van der Waals surface area contributed by atoms with Gasteiger partial charge in [0.25, 0.3) is 5.91 Å².